The van der Waals surface area contributed by atoms with Crippen LogP contribution in [0.2, 0.25) is 0 Å². The van der Waals surface area contributed by atoms with Crippen molar-refractivity contribution in [2.45, 2.75) is 12.4 Å². The molecule has 0 heterocycles. The van der Waals surface area contributed by atoms with Gasteiger partial charge in [0.25, 0.3) is 5.91 Å². The van der Waals surface area contributed by atoms with Crippen LogP contribution in [-0.2, 0) is 12.4 Å². The highest BCUT2D eigenvalue weighted by atomic mass is 19.4. The molecular weight excluding hydrogens is 376 g/mol. The summed E-state index contributed by atoms with van der Waals surface area (Å²) in [5.41, 5.74) is 2.57. The van der Waals surface area contributed by atoms with Crippen LogP contribution in [0.4, 0.5) is 43.4 Å². The van der Waals surface area contributed by atoms with E-state index in [1.807, 2.05) is 0 Å². The Morgan fingerprint density at radius 2 is 1.44 bits per heavy atom. The zero-order valence-corrected chi connectivity index (χ0v) is 14.2. The number of nitrogens with zero attached hydrogens (tertiary/aromatic N) is 1. The molecule has 0 saturated heterocycles. The standard InChI is InChI=1S/C17H15F6N3O/c1-26(2)14-4-3-11(24)8-13(14)15(27)25-12-6-9(16(18,19)20)5-10(7-12)17(21,22)23/h3-8H,24H2,1-2H3,(H,25,27). The third-order valence-electron chi connectivity index (χ3n) is 3.59. The van der Waals surface area contributed by atoms with E-state index in [-0.39, 0.29) is 17.3 Å². The fraction of sp³-hybridized carbons (Fsp3) is 0.235. The topological polar surface area (TPSA) is 58.4 Å². The largest absolute Gasteiger partial charge is 0.416 e. The maximum atomic E-state index is 12.9. The second kappa shape index (κ2) is 7.01. The summed E-state index contributed by atoms with van der Waals surface area (Å²) in [5, 5.41) is 2.08. The molecule has 0 spiro atoms. The van der Waals surface area contributed by atoms with Gasteiger partial charge in [0.05, 0.1) is 16.7 Å². The van der Waals surface area contributed by atoms with Gasteiger partial charge in [0.1, 0.15) is 0 Å². The van der Waals surface area contributed by atoms with Crippen molar-refractivity contribution in [1.82, 2.24) is 0 Å². The molecule has 0 aliphatic rings. The lowest BCUT2D eigenvalue weighted by Gasteiger charge is -2.18. The van der Waals surface area contributed by atoms with Gasteiger partial charge in [-0.25, -0.2) is 0 Å². The van der Waals surface area contributed by atoms with Gasteiger partial charge in [-0.15, -0.1) is 0 Å². The number of hydrogen-bond acceptors (Lipinski definition) is 3. The highest BCUT2D eigenvalue weighted by Gasteiger charge is 2.37. The molecule has 0 aromatic heterocycles. The summed E-state index contributed by atoms with van der Waals surface area (Å²) in [7, 11) is 3.24. The fourth-order valence-corrected chi connectivity index (χ4v) is 2.35. The van der Waals surface area contributed by atoms with E-state index in [0.717, 1.165) is 0 Å². The van der Waals surface area contributed by atoms with Crippen molar-refractivity contribution in [3.8, 4) is 0 Å². The van der Waals surface area contributed by atoms with Gasteiger partial charge in [-0.05, 0) is 36.4 Å². The number of rotatable bonds is 3. The zero-order valence-electron chi connectivity index (χ0n) is 14.2. The lowest BCUT2D eigenvalue weighted by Crippen LogP contribution is -2.20. The minimum absolute atomic E-state index is 0.00553. The van der Waals surface area contributed by atoms with Gasteiger partial charge < -0.3 is 16.0 Å². The molecule has 0 aliphatic carbocycles. The Labute approximate surface area is 150 Å². The molecule has 2 rings (SSSR count). The molecule has 0 saturated carbocycles. The molecule has 2 aromatic carbocycles. The van der Waals surface area contributed by atoms with E-state index in [1.165, 1.54) is 18.2 Å². The van der Waals surface area contributed by atoms with Crippen LogP contribution in [0.25, 0.3) is 0 Å². The molecule has 4 nitrogen and oxygen atoms in total. The highest BCUT2D eigenvalue weighted by Crippen LogP contribution is 2.37. The Bertz CT molecular complexity index is 826. The lowest BCUT2D eigenvalue weighted by atomic mass is 10.1. The average molecular weight is 391 g/mol. The number of benzene rings is 2. The molecule has 0 bridgehead atoms. The van der Waals surface area contributed by atoms with Gasteiger partial charge in [-0.3, -0.25) is 4.79 Å². The number of nitrogens with one attached hydrogen (secondary N) is 1. The quantitative estimate of drug-likeness (QED) is 0.593. The van der Waals surface area contributed by atoms with Crippen LogP contribution >= 0.6 is 0 Å². The normalized spacial score (nSPS) is 12.0. The second-order valence-corrected chi connectivity index (χ2v) is 5.92. The van der Waals surface area contributed by atoms with Gasteiger partial charge in [-0.2, -0.15) is 26.3 Å². The first-order chi connectivity index (χ1) is 12.3. The molecule has 3 N–H and O–H groups in total. The number of carbonyl (C=O) groups is 1. The van der Waals surface area contributed by atoms with Crippen LogP contribution in [-0.4, -0.2) is 20.0 Å². The van der Waals surface area contributed by atoms with Crippen LogP contribution in [0, 0.1) is 0 Å². The van der Waals surface area contributed by atoms with Crippen LogP contribution in [0.1, 0.15) is 21.5 Å². The molecule has 10 heteroatoms. The van der Waals surface area contributed by atoms with Crippen molar-refractivity contribution in [1.29, 1.82) is 0 Å². The number of alkyl halides is 6. The first kappa shape index (κ1) is 20.4. The summed E-state index contributed by atoms with van der Waals surface area (Å²) >= 11 is 0. The summed E-state index contributed by atoms with van der Waals surface area (Å²) in [5.74, 6) is -0.890. The molecule has 1 amide bonds. The average Bonchev–Trinajstić information content (AvgIpc) is 2.52. The van der Waals surface area contributed by atoms with Crippen molar-refractivity contribution in [2.24, 2.45) is 0 Å². The van der Waals surface area contributed by atoms with Crippen molar-refractivity contribution in [2.75, 3.05) is 30.0 Å². The Morgan fingerprint density at radius 3 is 1.89 bits per heavy atom. The summed E-state index contributed by atoms with van der Waals surface area (Å²) in [6, 6.07) is 5.17. The van der Waals surface area contributed by atoms with Crippen LogP contribution in [0.3, 0.4) is 0 Å². The number of anilines is 3. The van der Waals surface area contributed by atoms with Gasteiger partial charge in [0.2, 0.25) is 0 Å². The van der Waals surface area contributed by atoms with Gasteiger partial charge in [0.15, 0.2) is 0 Å². The van der Waals surface area contributed by atoms with Crippen molar-refractivity contribution in [3.05, 3.63) is 53.1 Å². The molecule has 0 aliphatic heterocycles. The third kappa shape index (κ3) is 4.83. The highest BCUT2D eigenvalue weighted by molar-refractivity contribution is 6.08. The Kier molecular flexibility index (Phi) is 5.30. The van der Waals surface area contributed by atoms with Crippen molar-refractivity contribution < 1.29 is 31.1 Å². The molecule has 0 fully saturated rings. The molecule has 0 unspecified atom stereocenters. The summed E-state index contributed by atoms with van der Waals surface area (Å²) in [4.78, 5) is 14.0. The van der Waals surface area contributed by atoms with Gasteiger partial charge in [0, 0.05) is 31.2 Å². The van der Waals surface area contributed by atoms with Crippen LogP contribution in [0.5, 0.6) is 0 Å². The van der Waals surface area contributed by atoms with E-state index in [4.69, 9.17) is 5.73 Å². The maximum absolute atomic E-state index is 12.9. The smallest absolute Gasteiger partial charge is 0.399 e. The van der Waals surface area contributed by atoms with E-state index < -0.39 is 35.1 Å². The summed E-state index contributed by atoms with van der Waals surface area (Å²) < 4.78 is 77.5. The summed E-state index contributed by atoms with van der Waals surface area (Å²) in [6.07, 6.45) is -10.0. The monoisotopic (exact) mass is 391 g/mol. The number of amides is 1. The molecular formula is C17H15F6N3O. The molecule has 0 radical (unpaired) electrons. The molecule has 27 heavy (non-hydrogen) atoms. The first-order valence-electron chi connectivity index (χ1n) is 7.46. The Balaban J connectivity index is 2.48. The van der Waals surface area contributed by atoms with Gasteiger partial charge in [-0.1, -0.05) is 0 Å². The minimum Gasteiger partial charge on any atom is -0.399 e. The second-order valence-electron chi connectivity index (χ2n) is 5.92. The zero-order chi connectivity index (χ0) is 20.6. The van der Waals surface area contributed by atoms with E-state index in [2.05, 4.69) is 5.32 Å². The number of hydrogen-bond donors (Lipinski definition) is 2. The Hall–Kier alpha value is -2.91. The minimum atomic E-state index is -5.01. The van der Waals surface area contributed by atoms with Gasteiger partial charge >= 0.3 is 12.4 Å². The first-order valence-corrected chi connectivity index (χ1v) is 7.46. The SMILES string of the molecule is CN(C)c1ccc(N)cc1C(=O)Nc1cc(C(F)(F)F)cc(C(F)(F)F)c1. The van der Waals surface area contributed by atoms with Crippen LogP contribution in [0.15, 0.2) is 36.4 Å². The van der Waals surface area contributed by atoms with E-state index in [9.17, 15) is 31.1 Å². The molecule has 0 atom stereocenters. The number of nitrogens with two attached hydrogens (primary N) is 1. The fourth-order valence-electron chi connectivity index (χ4n) is 2.35. The van der Waals surface area contributed by atoms with Crippen LogP contribution < -0.4 is 16.0 Å². The predicted octanol–water partition coefficient (Wildman–Crippen LogP) is 4.62. The maximum Gasteiger partial charge on any atom is 0.416 e. The predicted molar refractivity (Wildman–Crippen MR) is 89.6 cm³/mol. The Morgan fingerprint density at radius 1 is 0.926 bits per heavy atom. The van der Waals surface area contributed by atoms with E-state index in [1.54, 1.807) is 19.0 Å². The lowest BCUT2D eigenvalue weighted by molar-refractivity contribution is -0.143. The molecule has 2 aromatic rings. The van der Waals surface area contributed by atoms with E-state index >= 15 is 0 Å². The molecule has 146 valence electrons. The number of carbonyl (C=O) groups excluding carboxylic acids is 1. The third-order valence-corrected chi connectivity index (χ3v) is 3.59. The number of nitrogen functional groups attached to an aromatic ring is 1. The van der Waals surface area contributed by atoms with Crippen molar-refractivity contribution >= 4 is 23.0 Å². The number of halogens is 6. The summed E-state index contributed by atoms with van der Waals surface area (Å²) in [6.45, 7) is 0. The van der Waals surface area contributed by atoms with E-state index in [0.29, 0.717) is 17.8 Å². The van der Waals surface area contributed by atoms with Crippen molar-refractivity contribution in [3.63, 3.8) is 0 Å².